The SMILES string of the molecule is CN1C[C@H](OCCOCCOCCO)C[C@H]1COc1nc2c(c(N3CCN(C(=O)OCc4ccccc4)[C@@H](CC#N)C3)n1)CCN(c1cccc3ccccc13)C2. The highest BCUT2D eigenvalue weighted by molar-refractivity contribution is 5.94. The number of carbonyl (C=O) groups is 1. The highest BCUT2D eigenvalue weighted by atomic mass is 16.6. The molecule has 0 saturated carbocycles. The fourth-order valence-electron chi connectivity index (χ4n) is 7.95. The molecule has 0 bridgehead atoms. The number of aliphatic hydroxyl groups is 1. The summed E-state index contributed by atoms with van der Waals surface area (Å²) in [4.78, 5) is 32.0. The molecular weight excluding hydrogens is 727 g/mol. The third kappa shape index (κ3) is 10.3. The van der Waals surface area contributed by atoms with Gasteiger partial charge in [-0.15, -0.1) is 0 Å². The smallest absolute Gasteiger partial charge is 0.410 e. The molecule has 0 spiro atoms. The van der Waals surface area contributed by atoms with E-state index in [1.165, 1.54) is 10.8 Å². The molecule has 2 saturated heterocycles. The first kappa shape index (κ1) is 40.2. The molecule has 4 heterocycles. The third-order valence-electron chi connectivity index (χ3n) is 10.9. The van der Waals surface area contributed by atoms with Crippen molar-refractivity contribution in [3.63, 3.8) is 0 Å². The van der Waals surface area contributed by atoms with Gasteiger partial charge in [0, 0.05) is 55.4 Å². The van der Waals surface area contributed by atoms with Crippen molar-refractivity contribution in [1.29, 1.82) is 5.26 Å². The van der Waals surface area contributed by atoms with Crippen molar-refractivity contribution >= 4 is 28.4 Å². The van der Waals surface area contributed by atoms with Crippen LogP contribution in [0.3, 0.4) is 0 Å². The Kier molecular flexibility index (Phi) is 14.0. The van der Waals surface area contributed by atoms with Gasteiger partial charge in [0.05, 0.1) is 76.5 Å². The summed E-state index contributed by atoms with van der Waals surface area (Å²) in [6.45, 7) is 6.29. The van der Waals surface area contributed by atoms with Crippen LogP contribution in [0, 0.1) is 11.3 Å². The van der Waals surface area contributed by atoms with Crippen LogP contribution < -0.4 is 14.5 Å². The molecule has 14 heteroatoms. The van der Waals surface area contributed by atoms with Crippen molar-refractivity contribution in [3.05, 3.63) is 89.6 Å². The standard InChI is InChI=1S/C43H53N7O7/c1-47-28-36(55-25-24-54-23-22-53-21-20-51)26-35(47)31-56-42-45-39-29-48(40-13-7-11-33-10-5-6-12-37(33)40)17-15-38(39)41(46-42)49-18-19-50(34(27-49)14-16-44)43(52)57-30-32-8-3-2-4-9-32/h2-13,34-36,51H,14-15,17-31H2,1H3/t34-,35-,36+/m0/s1. The lowest BCUT2D eigenvalue weighted by Gasteiger charge is -2.42. The number of aliphatic hydroxyl groups excluding tert-OH is 1. The molecule has 3 aliphatic heterocycles. The molecule has 7 rings (SSSR count). The van der Waals surface area contributed by atoms with Gasteiger partial charge in [-0.05, 0) is 36.9 Å². The molecule has 14 nitrogen and oxygen atoms in total. The number of aromatic nitrogens is 2. The van der Waals surface area contributed by atoms with Gasteiger partial charge in [-0.1, -0.05) is 66.7 Å². The molecule has 0 radical (unpaired) electrons. The zero-order valence-corrected chi connectivity index (χ0v) is 32.7. The van der Waals surface area contributed by atoms with Gasteiger partial charge in [-0.3, -0.25) is 4.90 Å². The van der Waals surface area contributed by atoms with E-state index in [1.54, 1.807) is 4.90 Å². The zero-order valence-electron chi connectivity index (χ0n) is 32.7. The Morgan fingerprint density at radius 1 is 0.877 bits per heavy atom. The van der Waals surface area contributed by atoms with E-state index in [-0.39, 0.29) is 37.8 Å². The molecule has 3 atom stereocenters. The number of nitriles is 1. The van der Waals surface area contributed by atoms with Crippen LogP contribution in [0.25, 0.3) is 10.8 Å². The van der Waals surface area contributed by atoms with E-state index in [9.17, 15) is 10.1 Å². The predicted octanol–water partition coefficient (Wildman–Crippen LogP) is 4.43. The Balaban J connectivity index is 1.05. The van der Waals surface area contributed by atoms with Gasteiger partial charge in [-0.25, -0.2) is 4.79 Å². The Hall–Kier alpha value is -5.04. The summed E-state index contributed by atoms with van der Waals surface area (Å²) in [7, 11) is 2.08. The van der Waals surface area contributed by atoms with Crippen LogP contribution in [0.4, 0.5) is 16.3 Å². The number of nitrogens with zero attached hydrogens (tertiary/aromatic N) is 7. The van der Waals surface area contributed by atoms with Gasteiger partial charge >= 0.3 is 12.1 Å². The van der Waals surface area contributed by atoms with Crippen LogP contribution in [-0.4, -0.2) is 135 Å². The summed E-state index contributed by atoms with van der Waals surface area (Å²) in [6, 6.07) is 26.8. The van der Waals surface area contributed by atoms with Gasteiger partial charge in [0.15, 0.2) is 0 Å². The minimum atomic E-state index is -0.419. The first-order chi connectivity index (χ1) is 28.0. The van der Waals surface area contributed by atoms with Crippen molar-refractivity contribution in [2.45, 2.75) is 50.6 Å². The molecular formula is C43H53N7O7. The molecule has 57 heavy (non-hydrogen) atoms. The molecule has 3 aliphatic rings. The van der Waals surface area contributed by atoms with Crippen molar-refractivity contribution in [3.8, 4) is 12.1 Å². The number of piperazine rings is 1. The first-order valence-corrected chi connectivity index (χ1v) is 19.9. The van der Waals surface area contributed by atoms with E-state index < -0.39 is 6.09 Å². The minimum absolute atomic E-state index is 0.00405. The fraction of sp³-hybridized carbons (Fsp3) is 0.488. The van der Waals surface area contributed by atoms with Gasteiger partial charge in [0.25, 0.3) is 0 Å². The van der Waals surface area contributed by atoms with E-state index in [1.807, 2.05) is 30.3 Å². The van der Waals surface area contributed by atoms with Crippen molar-refractivity contribution in [2.24, 2.45) is 0 Å². The molecule has 302 valence electrons. The highest BCUT2D eigenvalue weighted by Crippen LogP contribution is 2.35. The summed E-state index contributed by atoms with van der Waals surface area (Å²) >= 11 is 0. The summed E-state index contributed by atoms with van der Waals surface area (Å²) in [5.74, 6) is 0.801. The fourth-order valence-corrected chi connectivity index (χ4v) is 7.95. The summed E-state index contributed by atoms with van der Waals surface area (Å²) < 4.78 is 29.1. The van der Waals surface area contributed by atoms with E-state index >= 15 is 0 Å². The van der Waals surface area contributed by atoms with Crippen LogP contribution in [0.5, 0.6) is 6.01 Å². The Labute approximate surface area is 334 Å². The number of amides is 1. The largest absolute Gasteiger partial charge is 0.462 e. The van der Waals surface area contributed by atoms with Crippen LogP contribution >= 0.6 is 0 Å². The normalized spacial score (nSPS) is 19.7. The summed E-state index contributed by atoms with van der Waals surface area (Å²) in [6.07, 6.45) is 1.35. The highest BCUT2D eigenvalue weighted by Gasteiger charge is 2.36. The lowest BCUT2D eigenvalue weighted by molar-refractivity contribution is -0.0113. The molecule has 4 aromatic rings. The number of likely N-dealkylation sites (tertiary alicyclic amines) is 1. The van der Waals surface area contributed by atoms with E-state index in [0.717, 1.165) is 54.3 Å². The molecule has 0 unspecified atom stereocenters. The van der Waals surface area contributed by atoms with E-state index in [0.29, 0.717) is 71.8 Å². The van der Waals surface area contributed by atoms with E-state index in [4.69, 9.17) is 38.8 Å². The number of anilines is 2. The topological polar surface area (TPSA) is 146 Å². The van der Waals surface area contributed by atoms with Gasteiger partial charge < -0.3 is 43.5 Å². The molecule has 3 aromatic carbocycles. The maximum absolute atomic E-state index is 13.3. The number of hydrogen-bond donors (Lipinski definition) is 1. The van der Waals surface area contributed by atoms with Crippen LogP contribution in [0.15, 0.2) is 72.8 Å². The number of carbonyl (C=O) groups excluding carboxylic acids is 1. The maximum Gasteiger partial charge on any atom is 0.410 e. The monoisotopic (exact) mass is 779 g/mol. The van der Waals surface area contributed by atoms with Gasteiger partial charge in [0.2, 0.25) is 0 Å². The number of ether oxygens (including phenoxy) is 5. The minimum Gasteiger partial charge on any atom is -0.462 e. The van der Waals surface area contributed by atoms with Crippen LogP contribution in [0.1, 0.15) is 29.7 Å². The number of likely N-dealkylation sites (N-methyl/N-ethyl adjacent to an activating group) is 1. The Morgan fingerprint density at radius 2 is 1.67 bits per heavy atom. The second kappa shape index (κ2) is 19.9. The second-order valence-corrected chi connectivity index (χ2v) is 14.7. The molecule has 1 amide bonds. The van der Waals surface area contributed by atoms with Crippen molar-refractivity contribution < 1.29 is 33.6 Å². The van der Waals surface area contributed by atoms with Gasteiger partial charge in [-0.2, -0.15) is 15.2 Å². The Morgan fingerprint density at radius 3 is 2.51 bits per heavy atom. The number of fused-ring (bicyclic) bond motifs is 2. The van der Waals surface area contributed by atoms with E-state index in [2.05, 4.69) is 70.3 Å². The first-order valence-electron chi connectivity index (χ1n) is 19.9. The Bertz CT molecular complexity index is 1960. The number of benzene rings is 3. The maximum atomic E-state index is 13.3. The third-order valence-corrected chi connectivity index (χ3v) is 10.9. The molecule has 1 aromatic heterocycles. The lowest BCUT2D eigenvalue weighted by Crippen LogP contribution is -2.55. The second-order valence-electron chi connectivity index (χ2n) is 14.7. The summed E-state index contributed by atoms with van der Waals surface area (Å²) in [5, 5.41) is 21.0. The number of hydrogen-bond acceptors (Lipinski definition) is 13. The lowest BCUT2D eigenvalue weighted by atomic mass is 10.0. The number of rotatable bonds is 17. The van der Waals surface area contributed by atoms with Crippen molar-refractivity contribution in [1.82, 2.24) is 19.8 Å². The average molecular weight is 780 g/mol. The van der Waals surface area contributed by atoms with Crippen LogP contribution in [0.2, 0.25) is 0 Å². The zero-order chi connectivity index (χ0) is 39.4. The van der Waals surface area contributed by atoms with Crippen LogP contribution in [-0.2, 0) is 38.5 Å². The average Bonchev–Trinajstić information content (AvgIpc) is 3.61. The van der Waals surface area contributed by atoms with Crippen molar-refractivity contribution in [2.75, 3.05) is 95.8 Å². The molecule has 0 aliphatic carbocycles. The molecule has 2 fully saturated rings. The quantitative estimate of drug-likeness (QED) is 0.151. The summed E-state index contributed by atoms with van der Waals surface area (Å²) in [5.41, 5.74) is 4.06. The van der Waals surface area contributed by atoms with Gasteiger partial charge in [0.1, 0.15) is 19.0 Å². The predicted molar refractivity (Wildman–Crippen MR) is 215 cm³/mol. The molecule has 1 N–H and O–H groups in total.